The quantitative estimate of drug-likeness (QED) is 0.802. The summed E-state index contributed by atoms with van der Waals surface area (Å²) >= 11 is 1.55. The molecule has 1 N–H and O–H groups in total. The minimum Gasteiger partial charge on any atom is -0.481 e. The van der Waals surface area contributed by atoms with Crippen molar-refractivity contribution in [2.45, 2.75) is 19.8 Å². The average Bonchev–Trinajstić information content (AvgIpc) is 2.62. The van der Waals surface area contributed by atoms with Gasteiger partial charge in [-0.05, 0) is 12.7 Å². The van der Waals surface area contributed by atoms with Crippen LogP contribution >= 0.6 is 11.8 Å². The minimum absolute atomic E-state index is 0.279. The van der Waals surface area contributed by atoms with Crippen molar-refractivity contribution in [3.05, 3.63) is 12.4 Å². The first-order valence-corrected chi connectivity index (χ1v) is 6.82. The smallest absolute Gasteiger partial charge is 0.304 e. The van der Waals surface area contributed by atoms with Crippen LogP contribution in [0.2, 0.25) is 0 Å². The van der Waals surface area contributed by atoms with Crippen molar-refractivity contribution in [3.8, 4) is 0 Å². The molecule has 0 aromatic rings. The highest BCUT2D eigenvalue weighted by Crippen LogP contribution is 2.02. The van der Waals surface area contributed by atoms with Crippen LogP contribution in [-0.2, 0) is 4.79 Å². The number of carbonyl (C=O) groups is 1. The fourth-order valence-electron chi connectivity index (χ4n) is 1.21. The van der Waals surface area contributed by atoms with E-state index in [4.69, 9.17) is 5.11 Å². The van der Waals surface area contributed by atoms with Gasteiger partial charge in [-0.2, -0.15) is 11.8 Å². The van der Waals surface area contributed by atoms with E-state index in [1.54, 1.807) is 11.8 Å². The van der Waals surface area contributed by atoms with Crippen LogP contribution in [0.25, 0.3) is 0 Å². The molecule has 0 bridgehead atoms. The van der Waals surface area contributed by atoms with Gasteiger partial charge in [0.2, 0.25) is 0 Å². The molecule has 0 aromatic heterocycles. The Kier molecular flexibility index (Phi) is 8.90. The van der Waals surface area contributed by atoms with Crippen LogP contribution in [0.4, 0.5) is 0 Å². The van der Waals surface area contributed by atoms with E-state index in [1.165, 1.54) is 13.0 Å². The zero-order chi connectivity index (χ0) is 12.4. The van der Waals surface area contributed by atoms with Crippen molar-refractivity contribution < 1.29 is 9.90 Å². The number of nitrogens with zero attached hydrogens (tertiary/aromatic N) is 2. The summed E-state index contributed by atoms with van der Waals surface area (Å²) in [4.78, 5) is 14.2. The molecular weight excluding hydrogens is 224 g/mol. The van der Waals surface area contributed by atoms with Gasteiger partial charge in [0.25, 0.3) is 0 Å². The lowest BCUT2D eigenvalue weighted by Gasteiger charge is -2.16. The van der Waals surface area contributed by atoms with Crippen LogP contribution in [0.1, 0.15) is 19.8 Å². The van der Waals surface area contributed by atoms with Gasteiger partial charge in [-0.3, -0.25) is 4.79 Å². The van der Waals surface area contributed by atoms with Crippen molar-refractivity contribution >= 4 is 17.7 Å². The molecule has 0 saturated heterocycles. The van der Waals surface area contributed by atoms with E-state index < -0.39 is 5.97 Å². The van der Waals surface area contributed by atoms with E-state index in [1.807, 2.05) is 6.26 Å². The molecule has 1 aliphatic rings. The van der Waals surface area contributed by atoms with Crippen LogP contribution in [0.15, 0.2) is 12.4 Å². The Morgan fingerprint density at radius 2 is 2.19 bits per heavy atom. The summed E-state index contributed by atoms with van der Waals surface area (Å²) in [5.41, 5.74) is 0. The molecule has 1 aliphatic heterocycles. The van der Waals surface area contributed by atoms with Crippen LogP contribution < -0.4 is 0 Å². The van der Waals surface area contributed by atoms with E-state index in [2.05, 4.69) is 36.2 Å². The lowest BCUT2D eigenvalue weighted by molar-refractivity contribution is -0.136. The SMILES string of the molecule is CCCN1C=CN(C)C1.CSCCC(=O)O. The fraction of sp³-hybridized carbons (Fsp3) is 0.727. The van der Waals surface area contributed by atoms with E-state index >= 15 is 0 Å². The molecule has 5 heteroatoms. The number of aliphatic carboxylic acids is 1. The number of carboxylic acid groups (broad SMARTS) is 1. The normalized spacial score (nSPS) is 13.7. The third-order valence-electron chi connectivity index (χ3n) is 1.97. The summed E-state index contributed by atoms with van der Waals surface area (Å²) in [6.45, 7) is 4.45. The average molecular weight is 246 g/mol. The van der Waals surface area contributed by atoms with E-state index in [0.29, 0.717) is 0 Å². The topological polar surface area (TPSA) is 43.8 Å². The molecule has 0 atom stereocenters. The predicted molar refractivity (Wildman–Crippen MR) is 69.4 cm³/mol. The lowest BCUT2D eigenvalue weighted by Crippen LogP contribution is -2.22. The Balaban J connectivity index is 0.000000293. The first kappa shape index (κ1) is 15.2. The van der Waals surface area contributed by atoms with Crippen molar-refractivity contribution in [2.24, 2.45) is 0 Å². The number of thioether (sulfide) groups is 1. The van der Waals surface area contributed by atoms with Crippen molar-refractivity contribution in [1.29, 1.82) is 0 Å². The molecule has 1 rings (SSSR count). The van der Waals surface area contributed by atoms with Gasteiger partial charge in [-0.1, -0.05) is 6.92 Å². The minimum atomic E-state index is -0.714. The molecule has 0 radical (unpaired) electrons. The van der Waals surface area contributed by atoms with Gasteiger partial charge < -0.3 is 14.9 Å². The maximum atomic E-state index is 9.74. The van der Waals surface area contributed by atoms with Gasteiger partial charge in [0.05, 0.1) is 13.1 Å². The van der Waals surface area contributed by atoms with Gasteiger partial charge in [0.1, 0.15) is 0 Å². The third kappa shape index (κ3) is 8.47. The molecule has 16 heavy (non-hydrogen) atoms. The molecule has 0 fully saturated rings. The van der Waals surface area contributed by atoms with Crippen LogP contribution in [0.5, 0.6) is 0 Å². The Morgan fingerprint density at radius 1 is 1.50 bits per heavy atom. The Bertz CT molecular complexity index is 222. The van der Waals surface area contributed by atoms with Gasteiger partial charge in [-0.15, -0.1) is 0 Å². The van der Waals surface area contributed by atoms with Crippen molar-refractivity contribution in [1.82, 2.24) is 9.80 Å². The van der Waals surface area contributed by atoms with Crippen LogP contribution in [0.3, 0.4) is 0 Å². The Hall–Kier alpha value is -0.840. The highest BCUT2D eigenvalue weighted by Gasteiger charge is 2.04. The summed E-state index contributed by atoms with van der Waals surface area (Å²) in [5, 5.41) is 8.03. The van der Waals surface area contributed by atoms with Gasteiger partial charge >= 0.3 is 5.97 Å². The predicted octanol–water partition coefficient (Wildman–Crippen LogP) is 1.90. The maximum absolute atomic E-state index is 9.74. The molecule has 94 valence electrons. The van der Waals surface area contributed by atoms with Gasteiger partial charge in [-0.25, -0.2) is 0 Å². The van der Waals surface area contributed by atoms with E-state index in [0.717, 1.165) is 12.4 Å². The molecule has 1 heterocycles. The largest absolute Gasteiger partial charge is 0.481 e. The second kappa shape index (κ2) is 9.39. The second-order valence-corrected chi connectivity index (χ2v) is 4.63. The molecule has 0 unspecified atom stereocenters. The molecule has 0 aromatic carbocycles. The molecule has 0 aliphatic carbocycles. The van der Waals surface area contributed by atoms with Gasteiger partial charge in [0.15, 0.2) is 0 Å². The van der Waals surface area contributed by atoms with Crippen molar-refractivity contribution in [2.75, 3.05) is 32.3 Å². The first-order chi connectivity index (χ1) is 7.60. The number of carboxylic acids is 1. The number of hydrogen-bond acceptors (Lipinski definition) is 4. The summed E-state index contributed by atoms with van der Waals surface area (Å²) in [6.07, 6.45) is 7.65. The Labute approximate surface area is 102 Å². The zero-order valence-electron chi connectivity index (χ0n) is 10.3. The number of rotatable bonds is 5. The van der Waals surface area contributed by atoms with Crippen molar-refractivity contribution in [3.63, 3.8) is 0 Å². The van der Waals surface area contributed by atoms with Gasteiger partial charge in [0, 0.05) is 31.7 Å². The molecular formula is C11H22N2O2S. The highest BCUT2D eigenvalue weighted by molar-refractivity contribution is 7.98. The summed E-state index contributed by atoms with van der Waals surface area (Å²) in [6, 6.07) is 0. The standard InChI is InChI=1S/C7H14N2.C4H8O2S/c1-3-4-9-6-5-8(2)7-9;1-7-3-2-4(5)6/h5-6H,3-4,7H2,1-2H3;2-3H2,1H3,(H,5,6). The lowest BCUT2D eigenvalue weighted by atomic mass is 10.4. The third-order valence-corrected chi connectivity index (χ3v) is 2.58. The summed E-state index contributed by atoms with van der Waals surface area (Å²) in [5.74, 6) is 0.00403. The van der Waals surface area contributed by atoms with Crippen LogP contribution in [-0.4, -0.2) is 53.1 Å². The molecule has 0 spiro atoms. The molecule has 0 amide bonds. The van der Waals surface area contributed by atoms with Crippen LogP contribution in [0, 0.1) is 0 Å². The monoisotopic (exact) mass is 246 g/mol. The fourth-order valence-corrected chi connectivity index (χ4v) is 1.59. The maximum Gasteiger partial charge on any atom is 0.304 e. The second-order valence-electron chi connectivity index (χ2n) is 3.65. The van der Waals surface area contributed by atoms with E-state index in [9.17, 15) is 4.79 Å². The Morgan fingerprint density at radius 3 is 2.50 bits per heavy atom. The summed E-state index contributed by atoms with van der Waals surface area (Å²) in [7, 11) is 2.09. The highest BCUT2D eigenvalue weighted by atomic mass is 32.2. The zero-order valence-corrected chi connectivity index (χ0v) is 11.2. The summed E-state index contributed by atoms with van der Waals surface area (Å²) < 4.78 is 0. The molecule has 4 nitrogen and oxygen atoms in total. The molecule has 0 saturated carbocycles. The first-order valence-electron chi connectivity index (χ1n) is 5.43. The number of hydrogen-bond donors (Lipinski definition) is 1. The van der Waals surface area contributed by atoms with E-state index in [-0.39, 0.29) is 6.42 Å².